The molecule has 2 N–H and O–H groups in total. The van der Waals surface area contributed by atoms with E-state index in [2.05, 4.69) is 14.7 Å². The van der Waals surface area contributed by atoms with Crippen LogP contribution in [0.3, 0.4) is 0 Å². The molecule has 1 aliphatic rings. The summed E-state index contributed by atoms with van der Waals surface area (Å²) in [6.45, 7) is 1.79. The maximum Gasteiger partial charge on any atom is 0.306 e. The Morgan fingerprint density at radius 2 is 1.84 bits per heavy atom. The number of nitrogens with one attached hydrogen (secondary N) is 2. The molecule has 3 aromatic rings. The van der Waals surface area contributed by atoms with Crippen molar-refractivity contribution in [2.45, 2.75) is 30.8 Å². The van der Waals surface area contributed by atoms with Gasteiger partial charge in [-0.25, -0.2) is 8.42 Å². The van der Waals surface area contributed by atoms with E-state index < -0.39 is 22.1 Å². The summed E-state index contributed by atoms with van der Waals surface area (Å²) in [6, 6.07) is 14.0. The topological polar surface area (TPSA) is 118 Å². The Morgan fingerprint density at radius 1 is 1.10 bits per heavy atom. The molecule has 9 heteroatoms. The number of ketones is 1. The summed E-state index contributed by atoms with van der Waals surface area (Å²) in [7, 11) is -3.58. The third kappa shape index (κ3) is 4.22. The number of nitrogens with zero attached hydrogens (tertiary/aromatic N) is 1. The third-order valence-electron chi connectivity index (χ3n) is 5.00. The highest BCUT2D eigenvalue weighted by atomic mass is 32.2. The minimum atomic E-state index is -3.58. The average Bonchev–Trinajstić information content (AvgIpc) is 3.29. The normalized spacial score (nSPS) is 16.6. The van der Waals surface area contributed by atoms with Crippen LogP contribution in [0.4, 0.5) is 0 Å². The zero-order chi connectivity index (χ0) is 22.0. The predicted octanol–water partition coefficient (Wildman–Crippen LogP) is 2.80. The molecule has 1 aromatic heterocycles. The van der Waals surface area contributed by atoms with Crippen LogP contribution < -0.4 is 4.72 Å². The van der Waals surface area contributed by atoms with Gasteiger partial charge in [-0.3, -0.25) is 19.3 Å². The van der Waals surface area contributed by atoms with Gasteiger partial charge in [0.1, 0.15) is 5.84 Å². The van der Waals surface area contributed by atoms with Gasteiger partial charge in [0.2, 0.25) is 5.78 Å². The number of amidine groups is 1. The molecule has 0 aliphatic carbocycles. The first-order valence-electron chi connectivity index (χ1n) is 9.83. The highest BCUT2D eigenvalue weighted by molar-refractivity contribution is 7.90. The third-order valence-corrected chi connectivity index (χ3v) is 6.40. The van der Waals surface area contributed by atoms with E-state index in [-0.39, 0.29) is 29.5 Å². The number of rotatable bonds is 7. The minimum absolute atomic E-state index is 0.0662. The van der Waals surface area contributed by atoms with Gasteiger partial charge in [-0.15, -0.1) is 0 Å². The molecular weight excluding hydrogens is 418 g/mol. The van der Waals surface area contributed by atoms with Crippen molar-refractivity contribution >= 4 is 38.5 Å². The quantitative estimate of drug-likeness (QED) is 0.333. The van der Waals surface area contributed by atoms with Crippen molar-refractivity contribution in [1.82, 2.24) is 9.71 Å². The summed E-state index contributed by atoms with van der Waals surface area (Å²) in [6.07, 6.45) is 1.14. The number of H-pyrrole nitrogens is 1. The number of aliphatic imine (C=N–C) groups is 1. The van der Waals surface area contributed by atoms with Gasteiger partial charge < -0.3 is 9.72 Å². The van der Waals surface area contributed by atoms with Gasteiger partial charge in [-0.05, 0) is 31.5 Å². The summed E-state index contributed by atoms with van der Waals surface area (Å²) < 4.78 is 31.8. The maximum absolute atomic E-state index is 12.7. The number of ether oxygens (including phenoxy) is 1. The Kier molecular flexibility index (Phi) is 5.60. The molecule has 0 saturated heterocycles. The number of carbonyl (C=O) groups excluding carboxylic acids is 2. The van der Waals surface area contributed by atoms with Crippen molar-refractivity contribution in [2.24, 2.45) is 4.99 Å². The Labute approximate surface area is 179 Å². The summed E-state index contributed by atoms with van der Waals surface area (Å²) in [5.41, 5.74) is 1.84. The highest BCUT2D eigenvalue weighted by Gasteiger charge is 2.30. The van der Waals surface area contributed by atoms with Crippen LogP contribution in [0.5, 0.6) is 0 Å². The Bertz CT molecular complexity index is 1290. The fourth-order valence-electron chi connectivity index (χ4n) is 3.47. The summed E-state index contributed by atoms with van der Waals surface area (Å²) in [5.74, 6) is -0.511. The van der Waals surface area contributed by atoms with E-state index in [9.17, 15) is 18.0 Å². The Balaban J connectivity index is 1.31. The van der Waals surface area contributed by atoms with E-state index >= 15 is 0 Å². The molecule has 0 amide bonds. The number of sulfonamides is 1. The number of esters is 1. The fourth-order valence-corrected chi connectivity index (χ4v) is 4.72. The van der Waals surface area contributed by atoms with E-state index in [1.54, 1.807) is 31.3 Å². The molecule has 2 heterocycles. The molecule has 0 radical (unpaired) electrons. The van der Waals surface area contributed by atoms with Gasteiger partial charge in [-0.2, -0.15) is 0 Å². The van der Waals surface area contributed by atoms with Crippen LogP contribution in [0.1, 0.15) is 35.7 Å². The summed E-state index contributed by atoms with van der Waals surface area (Å²) >= 11 is 0. The Morgan fingerprint density at radius 3 is 2.68 bits per heavy atom. The van der Waals surface area contributed by atoms with E-state index in [1.165, 1.54) is 6.07 Å². The lowest BCUT2D eigenvalue weighted by Crippen LogP contribution is -2.24. The molecule has 0 saturated carbocycles. The van der Waals surface area contributed by atoms with Gasteiger partial charge >= 0.3 is 5.97 Å². The van der Waals surface area contributed by atoms with Crippen LogP contribution in [-0.4, -0.2) is 43.6 Å². The van der Waals surface area contributed by atoms with Crippen molar-refractivity contribution in [1.29, 1.82) is 0 Å². The molecule has 1 atom stereocenters. The van der Waals surface area contributed by atoms with Gasteiger partial charge in [0.25, 0.3) is 10.0 Å². The second kappa shape index (κ2) is 8.35. The average molecular weight is 439 g/mol. The van der Waals surface area contributed by atoms with Crippen LogP contribution in [0.2, 0.25) is 0 Å². The van der Waals surface area contributed by atoms with Crippen molar-refractivity contribution in [3.8, 4) is 0 Å². The zero-order valence-corrected chi connectivity index (χ0v) is 17.6. The number of carbonyl (C=O) groups is 2. The molecule has 160 valence electrons. The maximum atomic E-state index is 12.7. The van der Waals surface area contributed by atoms with Gasteiger partial charge in [0.15, 0.2) is 6.10 Å². The predicted molar refractivity (Wildman–Crippen MR) is 116 cm³/mol. The van der Waals surface area contributed by atoms with Crippen LogP contribution in [-0.2, 0) is 19.6 Å². The van der Waals surface area contributed by atoms with E-state index in [0.717, 1.165) is 10.9 Å². The first-order valence-corrected chi connectivity index (χ1v) is 11.3. The molecule has 0 spiro atoms. The van der Waals surface area contributed by atoms with Gasteiger partial charge in [0.05, 0.1) is 4.90 Å². The van der Waals surface area contributed by atoms with Crippen LogP contribution in [0.25, 0.3) is 10.9 Å². The number of benzene rings is 2. The van der Waals surface area contributed by atoms with Gasteiger partial charge in [-0.1, -0.05) is 30.3 Å². The van der Waals surface area contributed by atoms with Crippen molar-refractivity contribution in [2.75, 3.05) is 6.54 Å². The largest absolute Gasteiger partial charge is 0.454 e. The summed E-state index contributed by atoms with van der Waals surface area (Å²) in [4.78, 5) is 32.3. The Hall–Kier alpha value is -3.46. The molecule has 4 rings (SSSR count). The number of aromatic nitrogens is 1. The minimum Gasteiger partial charge on any atom is -0.454 e. The smallest absolute Gasteiger partial charge is 0.306 e. The van der Waals surface area contributed by atoms with Crippen LogP contribution >= 0.6 is 0 Å². The monoisotopic (exact) mass is 439 g/mol. The number of hydrogen-bond acceptors (Lipinski definition) is 6. The molecule has 0 bridgehead atoms. The molecule has 2 aromatic carbocycles. The number of para-hydroxylation sites is 1. The standard InChI is InChI=1S/C22H21N3O5S/c1-14(21(27)17-13-24-18-9-4-2-7-15(17)18)30-20(26)11-6-12-23-22-16-8-3-5-10-19(16)31(28,29)25-22/h2-5,7-10,13-14,24H,6,11-12H2,1H3,(H,23,25)/t14-/m0/s1. The number of aromatic amines is 1. The van der Waals surface area contributed by atoms with Crippen molar-refractivity contribution < 1.29 is 22.7 Å². The fraction of sp³-hybridized carbons (Fsp3) is 0.227. The molecular formula is C22H21N3O5S. The summed E-state index contributed by atoms with van der Waals surface area (Å²) in [5, 5.41) is 0.783. The lowest BCUT2D eigenvalue weighted by atomic mass is 10.1. The zero-order valence-electron chi connectivity index (χ0n) is 16.8. The molecule has 31 heavy (non-hydrogen) atoms. The molecule has 0 unspecified atom stereocenters. The van der Waals surface area contributed by atoms with E-state index in [1.807, 2.05) is 24.3 Å². The van der Waals surface area contributed by atoms with Crippen molar-refractivity contribution in [3.63, 3.8) is 0 Å². The lowest BCUT2D eigenvalue weighted by molar-refractivity contribution is -0.146. The number of Topliss-reactive ketones (excluding diaryl/α,β-unsaturated/α-hetero) is 1. The molecule has 0 fully saturated rings. The van der Waals surface area contributed by atoms with Crippen molar-refractivity contribution in [3.05, 3.63) is 65.9 Å². The first kappa shape index (κ1) is 20.8. The lowest BCUT2D eigenvalue weighted by Gasteiger charge is -2.11. The number of fused-ring (bicyclic) bond motifs is 2. The molecule has 1 aliphatic heterocycles. The van der Waals surface area contributed by atoms with Crippen LogP contribution in [0, 0.1) is 0 Å². The van der Waals surface area contributed by atoms with Crippen LogP contribution in [0.15, 0.2) is 64.6 Å². The SMILES string of the molecule is C[C@H](OC(=O)CCCN=C1NS(=O)(=O)c2ccccc21)C(=O)c1c[nH]c2ccccc12. The first-order chi connectivity index (χ1) is 14.9. The highest BCUT2D eigenvalue weighted by Crippen LogP contribution is 2.22. The van der Waals surface area contributed by atoms with Gasteiger partial charge in [0, 0.05) is 41.2 Å². The van der Waals surface area contributed by atoms with E-state index in [4.69, 9.17) is 4.74 Å². The second-order valence-electron chi connectivity index (χ2n) is 7.18. The molecule has 8 nitrogen and oxygen atoms in total. The second-order valence-corrected chi connectivity index (χ2v) is 8.83. The van der Waals surface area contributed by atoms with E-state index in [0.29, 0.717) is 17.5 Å². The number of hydrogen-bond donors (Lipinski definition) is 2.